The molecular formula is C25H21F3N4O2. The van der Waals surface area contributed by atoms with Crippen LogP contribution in [0.25, 0.3) is 11.3 Å². The first-order valence-electron chi connectivity index (χ1n) is 10.9. The second kappa shape index (κ2) is 8.16. The number of nitrogens with one attached hydrogen (secondary N) is 1. The molecule has 174 valence electrons. The summed E-state index contributed by atoms with van der Waals surface area (Å²) in [5.41, 5.74) is 2.12. The average molecular weight is 466 g/mol. The van der Waals surface area contributed by atoms with E-state index >= 15 is 0 Å². The van der Waals surface area contributed by atoms with Crippen LogP contribution in [0, 0.1) is 6.92 Å². The van der Waals surface area contributed by atoms with Crippen molar-refractivity contribution in [3.05, 3.63) is 99.4 Å². The number of fused-ring (bicyclic) bond motifs is 2. The molecule has 0 aliphatic heterocycles. The Morgan fingerprint density at radius 2 is 1.97 bits per heavy atom. The fourth-order valence-electron chi connectivity index (χ4n) is 4.65. The van der Waals surface area contributed by atoms with E-state index < -0.39 is 23.2 Å². The highest BCUT2D eigenvalue weighted by atomic mass is 19.4. The number of nitrogens with zero attached hydrogens (tertiary/aromatic N) is 3. The number of carbonyl (C=O) groups excluding carboxylic acids is 1. The summed E-state index contributed by atoms with van der Waals surface area (Å²) in [6.07, 6.45) is 0.471. The maximum Gasteiger partial charge on any atom is 0.416 e. The number of hydrogen-bond acceptors (Lipinski definition) is 3. The van der Waals surface area contributed by atoms with Crippen LogP contribution in [0.2, 0.25) is 0 Å². The van der Waals surface area contributed by atoms with E-state index in [1.54, 1.807) is 30.5 Å². The molecule has 1 atom stereocenters. The Bertz CT molecular complexity index is 1470. The van der Waals surface area contributed by atoms with E-state index in [1.807, 2.05) is 17.6 Å². The molecule has 3 heterocycles. The monoisotopic (exact) mass is 466 g/mol. The van der Waals surface area contributed by atoms with E-state index in [4.69, 9.17) is 0 Å². The van der Waals surface area contributed by atoms with Crippen LogP contribution >= 0.6 is 0 Å². The third-order valence-corrected chi connectivity index (χ3v) is 6.20. The molecule has 4 aromatic rings. The van der Waals surface area contributed by atoms with Crippen molar-refractivity contribution in [1.29, 1.82) is 0 Å². The highest BCUT2D eigenvalue weighted by Crippen LogP contribution is 2.36. The van der Waals surface area contributed by atoms with E-state index in [0.717, 1.165) is 35.5 Å². The summed E-state index contributed by atoms with van der Waals surface area (Å²) in [5, 5.41) is 2.94. The first-order valence-corrected chi connectivity index (χ1v) is 10.9. The summed E-state index contributed by atoms with van der Waals surface area (Å²) in [5.74, 6) is -0.530. The Labute approximate surface area is 192 Å². The van der Waals surface area contributed by atoms with Gasteiger partial charge in [0.15, 0.2) is 0 Å². The zero-order chi connectivity index (χ0) is 24.0. The standard InChI is InChI=1S/C25H21F3N4O2/c1-15-12-18-20(30-23(33)19-14-29-22-10-2-3-11-31(22)24(19)34)8-5-9-21(18)32(15)17-7-4-6-16(13-17)25(26,27)28/h2-4,6-7,10-14,20H,5,8-9H2,1H3,(H,30,33)/t20-/m0/s1. The number of alkyl halides is 3. The lowest BCUT2D eigenvalue weighted by molar-refractivity contribution is -0.137. The maximum atomic E-state index is 13.3. The van der Waals surface area contributed by atoms with Crippen LogP contribution in [0.5, 0.6) is 0 Å². The lowest BCUT2D eigenvalue weighted by Gasteiger charge is -2.25. The van der Waals surface area contributed by atoms with Gasteiger partial charge in [-0.05, 0) is 68.1 Å². The number of pyridine rings is 1. The van der Waals surface area contributed by atoms with Crippen molar-refractivity contribution in [2.45, 2.75) is 38.4 Å². The lowest BCUT2D eigenvalue weighted by Crippen LogP contribution is -2.35. The third kappa shape index (κ3) is 3.76. The summed E-state index contributed by atoms with van der Waals surface area (Å²) in [7, 11) is 0. The quantitative estimate of drug-likeness (QED) is 0.479. The highest BCUT2D eigenvalue weighted by molar-refractivity contribution is 5.94. The van der Waals surface area contributed by atoms with Crippen molar-refractivity contribution < 1.29 is 18.0 Å². The van der Waals surface area contributed by atoms with Crippen molar-refractivity contribution in [2.24, 2.45) is 0 Å². The minimum absolute atomic E-state index is 0.0649. The number of aryl methyl sites for hydroxylation is 1. The number of benzene rings is 1. The van der Waals surface area contributed by atoms with Gasteiger partial charge in [0.05, 0.1) is 11.6 Å². The lowest BCUT2D eigenvalue weighted by atomic mass is 9.92. The van der Waals surface area contributed by atoms with Crippen molar-refractivity contribution in [1.82, 2.24) is 19.3 Å². The first-order chi connectivity index (χ1) is 16.2. The van der Waals surface area contributed by atoms with E-state index in [9.17, 15) is 22.8 Å². The van der Waals surface area contributed by atoms with Crippen LogP contribution in [0.3, 0.4) is 0 Å². The molecule has 5 rings (SSSR count). The number of hydrogen-bond donors (Lipinski definition) is 1. The Morgan fingerprint density at radius 1 is 1.15 bits per heavy atom. The summed E-state index contributed by atoms with van der Waals surface area (Å²) >= 11 is 0. The topological polar surface area (TPSA) is 68.4 Å². The van der Waals surface area contributed by atoms with Crippen LogP contribution in [0.1, 0.15) is 51.8 Å². The summed E-state index contributed by atoms with van der Waals surface area (Å²) in [6.45, 7) is 1.83. The smallest absolute Gasteiger partial charge is 0.345 e. The van der Waals surface area contributed by atoms with E-state index in [0.29, 0.717) is 24.2 Å². The van der Waals surface area contributed by atoms with Gasteiger partial charge in [0.1, 0.15) is 11.2 Å². The maximum absolute atomic E-state index is 13.3. The number of amides is 1. The molecule has 34 heavy (non-hydrogen) atoms. The minimum atomic E-state index is -4.43. The SMILES string of the molecule is Cc1cc2c(n1-c1cccc(C(F)(F)F)c1)CCC[C@@H]2NC(=O)c1cnc2ccccn2c1=O. The summed E-state index contributed by atoms with van der Waals surface area (Å²) < 4.78 is 42.9. The molecule has 9 heteroatoms. The van der Waals surface area contributed by atoms with Gasteiger partial charge in [-0.15, -0.1) is 0 Å². The Kier molecular flexibility index (Phi) is 5.27. The Balaban J connectivity index is 1.49. The van der Waals surface area contributed by atoms with Gasteiger partial charge in [-0.2, -0.15) is 13.2 Å². The normalized spacial score (nSPS) is 15.8. The van der Waals surface area contributed by atoms with Crippen molar-refractivity contribution in [2.75, 3.05) is 0 Å². The highest BCUT2D eigenvalue weighted by Gasteiger charge is 2.32. The van der Waals surface area contributed by atoms with Gasteiger partial charge in [0, 0.05) is 29.5 Å². The van der Waals surface area contributed by atoms with Crippen LogP contribution in [-0.4, -0.2) is 19.9 Å². The molecule has 1 N–H and O–H groups in total. The Morgan fingerprint density at radius 3 is 2.76 bits per heavy atom. The van der Waals surface area contributed by atoms with Gasteiger partial charge >= 0.3 is 6.18 Å². The second-order valence-electron chi connectivity index (χ2n) is 8.40. The molecule has 1 aromatic carbocycles. The molecule has 0 saturated heterocycles. The molecule has 0 unspecified atom stereocenters. The zero-order valence-corrected chi connectivity index (χ0v) is 18.3. The van der Waals surface area contributed by atoms with Gasteiger partial charge < -0.3 is 9.88 Å². The number of halogens is 3. The van der Waals surface area contributed by atoms with Crippen LogP contribution in [0.4, 0.5) is 13.2 Å². The van der Waals surface area contributed by atoms with Gasteiger partial charge in [-0.1, -0.05) is 12.1 Å². The molecule has 0 saturated carbocycles. The van der Waals surface area contributed by atoms with Gasteiger partial charge in [-0.25, -0.2) is 4.98 Å². The molecule has 1 aliphatic rings. The van der Waals surface area contributed by atoms with Gasteiger partial charge in [-0.3, -0.25) is 14.0 Å². The number of carbonyl (C=O) groups is 1. The first kappa shape index (κ1) is 21.9. The zero-order valence-electron chi connectivity index (χ0n) is 18.3. The molecule has 6 nitrogen and oxygen atoms in total. The molecule has 0 bridgehead atoms. The van der Waals surface area contributed by atoms with Crippen LogP contribution in [-0.2, 0) is 12.6 Å². The van der Waals surface area contributed by atoms with Crippen molar-refractivity contribution >= 4 is 11.6 Å². The fraction of sp³-hybridized carbons (Fsp3) is 0.240. The molecule has 0 fully saturated rings. The van der Waals surface area contributed by atoms with Gasteiger partial charge in [0.25, 0.3) is 11.5 Å². The molecule has 1 aliphatic carbocycles. The molecule has 0 radical (unpaired) electrons. The number of aromatic nitrogens is 3. The fourth-order valence-corrected chi connectivity index (χ4v) is 4.65. The van der Waals surface area contributed by atoms with Crippen molar-refractivity contribution in [3.63, 3.8) is 0 Å². The van der Waals surface area contributed by atoms with Gasteiger partial charge in [0.2, 0.25) is 0 Å². The molecule has 3 aromatic heterocycles. The largest absolute Gasteiger partial charge is 0.416 e. The average Bonchev–Trinajstić information content (AvgIpc) is 3.16. The minimum Gasteiger partial charge on any atom is -0.345 e. The van der Waals surface area contributed by atoms with Crippen LogP contribution in [0.15, 0.2) is 65.7 Å². The molecule has 0 spiro atoms. The predicted molar refractivity (Wildman–Crippen MR) is 120 cm³/mol. The second-order valence-corrected chi connectivity index (χ2v) is 8.40. The Hall–Kier alpha value is -3.88. The van der Waals surface area contributed by atoms with Crippen molar-refractivity contribution in [3.8, 4) is 5.69 Å². The van der Waals surface area contributed by atoms with E-state index in [-0.39, 0.29) is 11.6 Å². The number of rotatable bonds is 3. The van der Waals surface area contributed by atoms with Crippen LogP contribution < -0.4 is 10.9 Å². The molecular weight excluding hydrogens is 445 g/mol. The summed E-state index contributed by atoms with van der Waals surface area (Å²) in [6, 6.07) is 11.9. The summed E-state index contributed by atoms with van der Waals surface area (Å²) in [4.78, 5) is 30.0. The van der Waals surface area contributed by atoms with E-state index in [2.05, 4.69) is 10.3 Å². The third-order valence-electron chi connectivity index (χ3n) is 6.20. The predicted octanol–water partition coefficient (Wildman–Crippen LogP) is 4.62. The molecule has 1 amide bonds. The van der Waals surface area contributed by atoms with E-state index in [1.165, 1.54) is 16.7 Å².